The minimum atomic E-state index is -0.0350. The Kier molecular flexibility index (Phi) is 3.74. The van der Waals surface area contributed by atoms with Crippen LogP contribution in [0.3, 0.4) is 0 Å². The molecule has 1 aliphatic rings. The number of rotatable bonds is 4. The van der Waals surface area contributed by atoms with Crippen molar-refractivity contribution in [3.05, 3.63) is 24.0 Å². The van der Waals surface area contributed by atoms with Crippen molar-refractivity contribution in [3.63, 3.8) is 0 Å². The Morgan fingerprint density at radius 2 is 2.50 bits per heavy atom. The van der Waals surface area contributed by atoms with E-state index in [0.29, 0.717) is 6.61 Å². The molecule has 88 valence electrons. The van der Waals surface area contributed by atoms with Gasteiger partial charge in [-0.3, -0.25) is 4.98 Å². The van der Waals surface area contributed by atoms with Gasteiger partial charge in [0.05, 0.1) is 18.0 Å². The fourth-order valence-electron chi connectivity index (χ4n) is 1.71. The Bertz CT molecular complexity index is 318. The largest absolute Gasteiger partial charge is 0.489 e. The van der Waals surface area contributed by atoms with E-state index < -0.39 is 0 Å². The molecule has 0 spiro atoms. The second kappa shape index (κ2) is 5.27. The first-order chi connectivity index (χ1) is 7.75. The van der Waals surface area contributed by atoms with Crippen LogP contribution in [-0.4, -0.2) is 24.3 Å². The summed E-state index contributed by atoms with van der Waals surface area (Å²) in [5.41, 5.74) is 6.59. The van der Waals surface area contributed by atoms with Crippen LogP contribution in [-0.2, 0) is 4.74 Å². The van der Waals surface area contributed by atoms with E-state index in [1.165, 1.54) is 0 Å². The lowest BCUT2D eigenvalue weighted by Gasteiger charge is -2.11. The summed E-state index contributed by atoms with van der Waals surface area (Å²) in [4.78, 5) is 4.23. The zero-order valence-corrected chi connectivity index (χ0v) is 9.56. The molecule has 4 heteroatoms. The smallest absolute Gasteiger partial charge is 0.137 e. The summed E-state index contributed by atoms with van der Waals surface area (Å²) in [6, 6.07) is 3.77. The van der Waals surface area contributed by atoms with E-state index in [4.69, 9.17) is 15.2 Å². The molecule has 1 fully saturated rings. The van der Waals surface area contributed by atoms with Gasteiger partial charge in [-0.1, -0.05) is 0 Å². The molecule has 1 aliphatic heterocycles. The zero-order chi connectivity index (χ0) is 11.4. The summed E-state index contributed by atoms with van der Waals surface area (Å²) in [5.74, 6) is 0.778. The average molecular weight is 222 g/mol. The van der Waals surface area contributed by atoms with Crippen molar-refractivity contribution in [3.8, 4) is 5.75 Å². The van der Waals surface area contributed by atoms with Crippen molar-refractivity contribution < 1.29 is 9.47 Å². The van der Waals surface area contributed by atoms with E-state index in [-0.39, 0.29) is 12.1 Å². The molecule has 2 heterocycles. The number of nitrogens with two attached hydrogens (primary N) is 1. The van der Waals surface area contributed by atoms with Crippen LogP contribution < -0.4 is 10.5 Å². The normalized spacial score (nSPS) is 22.0. The van der Waals surface area contributed by atoms with Crippen LogP contribution in [0, 0.1) is 0 Å². The van der Waals surface area contributed by atoms with Gasteiger partial charge < -0.3 is 15.2 Å². The highest BCUT2D eigenvalue weighted by atomic mass is 16.5. The third kappa shape index (κ3) is 2.93. The molecular weight excluding hydrogens is 204 g/mol. The number of nitrogens with zero attached hydrogens (tertiary/aromatic N) is 1. The highest BCUT2D eigenvalue weighted by Crippen LogP contribution is 2.16. The Labute approximate surface area is 95.8 Å². The lowest BCUT2D eigenvalue weighted by Crippen LogP contribution is -2.16. The minimum Gasteiger partial charge on any atom is -0.489 e. The van der Waals surface area contributed by atoms with Crippen molar-refractivity contribution in [2.45, 2.75) is 31.9 Å². The van der Waals surface area contributed by atoms with E-state index in [1.807, 2.05) is 19.1 Å². The molecule has 2 rings (SSSR count). The van der Waals surface area contributed by atoms with Gasteiger partial charge in [-0.2, -0.15) is 0 Å². The quantitative estimate of drug-likeness (QED) is 0.841. The second-order valence-corrected chi connectivity index (χ2v) is 4.15. The van der Waals surface area contributed by atoms with Gasteiger partial charge in [0.15, 0.2) is 0 Å². The van der Waals surface area contributed by atoms with E-state index in [9.17, 15) is 0 Å². The van der Waals surface area contributed by atoms with Crippen LogP contribution in [0.2, 0.25) is 0 Å². The van der Waals surface area contributed by atoms with Gasteiger partial charge >= 0.3 is 0 Å². The SMILES string of the molecule is C[C@@H](N)c1ccc(OCC2CCCO2)cn1. The molecule has 0 aromatic carbocycles. The van der Waals surface area contributed by atoms with Crippen molar-refractivity contribution >= 4 is 0 Å². The number of pyridine rings is 1. The maximum atomic E-state index is 5.71. The van der Waals surface area contributed by atoms with Crippen LogP contribution in [0.15, 0.2) is 18.3 Å². The summed E-state index contributed by atoms with van der Waals surface area (Å²) < 4.78 is 11.1. The van der Waals surface area contributed by atoms with E-state index in [1.54, 1.807) is 6.20 Å². The number of hydrogen-bond donors (Lipinski definition) is 1. The zero-order valence-electron chi connectivity index (χ0n) is 9.56. The van der Waals surface area contributed by atoms with Gasteiger partial charge in [0.1, 0.15) is 12.4 Å². The second-order valence-electron chi connectivity index (χ2n) is 4.15. The fourth-order valence-corrected chi connectivity index (χ4v) is 1.71. The van der Waals surface area contributed by atoms with Gasteiger partial charge in [-0.05, 0) is 31.9 Å². The van der Waals surface area contributed by atoms with Crippen molar-refractivity contribution in [2.24, 2.45) is 5.73 Å². The Hall–Kier alpha value is -1.13. The maximum absolute atomic E-state index is 5.71. The summed E-state index contributed by atoms with van der Waals surface area (Å²) in [5, 5.41) is 0. The molecule has 4 nitrogen and oxygen atoms in total. The van der Waals surface area contributed by atoms with Crippen LogP contribution in [0.1, 0.15) is 31.5 Å². The molecule has 0 aliphatic carbocycles. The molecule has 0 amide bonds. The van der Waals surface area contributed by atoms with E-state index in [0.717, 1.165) is 30.9 Å². The number of aromatic nitrogens is 1. The fraction of sp³-hybridized carbons (Fsp3) is 0.583. The third-order valence-corrected chi connectivity index (χ3v) is 2.69. The van der Waals surface area contributed by atoms with Crippen molar-refractivity contribution in [1.29, 1.82) is 0 Å². The van der Waals surface area contributed by atoms with Crippen molar-refractivity contribution in [1.82, 2.24) is 4.98 Å². The first-order valence-electron chi connectivity index (χ1n) is 5.71. The van der Waals surface area contributed by atoms with E-state index in [2.05, 4.69) is 4.98 Å². The molecular formula is C12H18N2O2. The third-order valence-electron chi connectivity index (χ3n) is 2.69. The maximum Gasteiger partial charge on any atom is 0.137 e. The summed E-state index contributed by atoms with van der Waals surface area (Å²) in [6.07, 6.45) is 4.18. The molecule has 2 N–H and O–H groups in total. The Morgan fingerprint density at radius 1 is 1.62 bits per heavy atom. The molecule has 0 saturated carbocycles. The molecule has 1 unspecified atom stereocenters. The van der Waals surface area contributed by atoms with Crippen molar-refractivity contribution in [2.75, 3.05) is 13.2 Å². The first kappa shape index (κ1) is 11.4. The molecule has 0 radical (unpaired) electrons. The Balaban J connectivity index is 1.84. The lowest BCUT2D eigenvalue weighted by atomic mass is 10.2. The minimum absolute atomic E-state index is 0.0350. The highest BCUT2D eigenvalue weighted by Gasteiger charge is 2.15. The van der Waals surface area contributed by atoms with Gasteiger partial charge in [-0.15, -0.1) is 0 Å². The predicted molar refractivity (Wildman–Crippen MR) is 61.3 cm³/mol. The summed E-state index contributed by atoms with van der Waals surface area (Å²) >= 11 is 0. The molecule has 1 saturated heterocycles. The molecule has 0 bridgehead atoms. The van der Waals surface area contributed by atoms with Gasteiger partial charge in [-0.25, -0.2) is 0 Å². The Morgan fingerprint density at radius 3 is 3.06 bits per heavy atom. The molecule has 1 aromatic heterocycles. The average Bonchev–Trinajstić information content (AvgIpc) is 2.80. The lowest BCUT2D eigenvalue weighted by molar-refractivity contribution is 0.0678. The highest BCUT2D eigenvalue weighted by molar-refractivity contribution is 5.21. The molecule has 16 heavy (non-hydrogen) atoms. The van der Waals surface area contributed by atoms with Crippen LogP contribution in [0.25, 0.3) is 0 Å². The van der Waals surface area contributed by atoms with Crippen LogP contribution in [0.4, 0.5) is 0 Å². The van der Waals surface area contributed by atoms with Gasteiger partial charge in [0.2, 0.25) is 0 Å². The molecule has 2 atom stereocenters. The first-order valence-corrected chi connectivity index (χ1v) is 5.71. The monoisotopic (exact) mass is 222 g/mol. The summed E-state index contributed by atoms with van der Waals surface area (Å²) in [7, 11) is 0. The standard InChI is InChI=1S/C12H18N2O2/c1-9(13)12-5-4-10(7-14-12)16-8-11-3-2-6-15-11/h4-5,7,9,11H,2-3,6,8,13H2,1H3/t9-,11?/m1/s1. The van der Waals surface area contributed by atoms with Crippen LogP contribution >= 0.6 is 0 Å². The predicted octanol–water partition coefficient (Wildman–Crippen LogP) is 1.66. The number of hydrogen-bond acceptors (Lipinski definition) is 4. The van der Waals surface area contributed by atoms with Gasteiger partial charge in [0.25, 0.3) is 0 Å². The van der Waals surface area contributed by atoms with Gasteiger partial charge in [0, 0.05) is 12.6 Å². The topological polar surface area (TPSA) is 57.4 Å². The summed E-state index contributed by atoms with van der Waals surface area (Å²) in [6.45, 7) is 3.38. The van der Waals surface area contributed by atoms with E-state index >= 15 is 0 Å². The van der Waals surface area contributed by atoms with Crippen LogP contribution in [0.5, 0.6) is 5.75 Å². The molecule has 1 aromatic rings. The number of ether oxygens (including phenoxy) is 2.